The van der Waals surface area contributed by atoms with E-state index in [2.05, 4.69) is 10.3 Å². The Hall–Kier alpha value is -1.97. The van der Waals surface area contributed by atoms with Crippen molar-refractivity contribution in [3.8, 4) is 0 Å². The van der Waals surface area contributed by atoms with Gasteiger partial charge in [-0.3, -0.25) is 9.78 Å². The summed E-state index contributed by atoms with van der Waals surface area (Å²) in [6.07, 6.45) is 0. The van der Waals surface area contributed by atoms with Crippen LogP contribution in [0.5, 0.6) is 0 Å². The summed E-state index contributed by atoms with van der Waals surface area (Å²) in [7, 11) is 0. The Labute approximate surface area is 84.9 Å². The molecular weight excluding hydrogens is 195 g/mol. The minimum Gasteiger partial charge on any atom is -0.346 e. The molecular formula is C11H7FN2O. The molecule has 1 aliphatic rings. The van der Waals surface area contributed by atoms with Crippen LogP contribution in [0.25, 0.3) is 10.9 Å². The van der Waals surface area contributed by atoms with Crippen molar-refractivity contribution in [3.05, 3.63) is 41.3 Å². The summed E-state index contributed by atoms with van der Waals surface area (Å²) in [5, 5.41) is 3.46. The number of halogens is 1. The highest BCUT2D eigenvalue weighted by Crippen LogP contribution is 2.20. The molecule has 0 unspecified atom stereocenters. The van der Waals surface area contributed by atoms with E-state index in [4.69, 9.17) is 0 Å². The molecule has 2 heterocycles. The molecule has 1 aromatic heterocycles. The first-order chi connectivity index (χ1) is 7.24. The maximum atomic E-state index is 12.9. The molecule has 0 aliphatic carbocycles. The zero-order valence-electron chi connectivity index (χ0n) is 7.75. The maximum absolute atomic E-state index is 12.9. The van der Waals surface area contributed by atoms with Gasteiger partial charge in [0.1, 0.15) is 5.82 Å². The van der Waals surface area contributed by atoms with Gasteiger partial charge in [-0.25, -0.2) is 4.39 Å². The predicted molar refractivity (Wildman–Crippen MR) is 52.9 cm³/mol. The van der Waals surface area contributed by atoms with Crippen LogP contribution in [0.15, 0.2) is 24.3 Å². The van der Waals surface area contributed by atoms with E-state index in [0.29, 0.717) is 23.3 Å². The summed E-state index contributed by atoms with van der Waals surface area (Å²) in [4.78, 5) is 15.6. The van der Waals surface area contributed by atoms with Gasteiger partial charge in [0.15, 0.2) is 0 Å². The highest BCUT2D eigenvalue weighted by Gasteiger charge is 2.20. The van der Waals surface area contributed by atoms with Crippen LogP contribution in [-0.2, 0) is 6.54 Å². The molecule has 1 N–H and O–H groups in total. The second-order valence-electron chi connectivity index (χ2n) is 3.50. The van der Waals surface area contributed by atoms with Crippen molar-refractivity contribution < 1.29 is 9.18 Å². The van der Waals surface area contributed by atoms with Gasteiger partial charge in [-0.1, -0.05) is 0 Å². The second kappa shape index (κ2) is 2.76. The third-order valence-corrected chi connectivity index (χ3v) is 2.52. The summed E-state index contributed by atoms with van der Waals surface area (Å²) in [6.45, 7) is 0.431. The molecule has 0 saturated heterocycles. The number of benzene rings is 1. The van der Waals surface area contributed by atoms with Crippen LogP contribution in [-0.4, -0.2) is 10.9 Å². The molecule has 0 saturated carbocycles. The van der Waals surface area contributed by atoms with Gasteiger partial charge in [0, 0.05) is 11.5 Å². The lowest BCUT2D eigenvalue weighted by molar-refractivity contribution is 0.0966. The summed E-state index contributed by atoms with van der Waals surface area (Å²) in [6, 6.07) is 6.12. The zero-order valence-corrected chi connectivity index (χ0v) is 7.75. The molecule has 0 radical (unpaired) electrons. The van der Waals surface area contributed by atoms with E-state index < -0.39 is 0 Å². The quantitative estimate of drug-likeness (QED) is 0.705. The van der Waals surface area contributed by atoms with Gasteiger partial charge in [-0.2, -0.15) is 0 Å². The fourth-order valence-corrected chi connectivity index (χ4v) is 1.77. The van der Waals surface area contributed by atoms with Gasteiger partial charge in [-0.05, 0) is 18.2 Å². The number of carbonyl (C=O) groups excluding carboxylic acids is 1. The van der Waals surface area contributed by atoms with E-state index >= 15 is 0 Å². The van der Waals surface area contributed by atoms with Crippen molar-refractivity contribution in [2.24, 2.45) is 0 Å². The summed E-state index contributed by atoms with van der Waals surface area (Å²) < 4.78 is 12.9. The molecule has 1 aromatic carbocycles. The molecule has 1 amide bonds. The fraction of sp³-hybridized carbons (Fsp3) is 0.0909. The number of nitrogens with one attached hydrogen (secondary N) is 1. The first-order valence-electron chi connectivity index (χ1n) is 4.61. The molecule has 0 atom stereocenters. The Bertz CT molecular complexity index is 580. The molecule has 0 fully saturated rings. The Morgan fingerprint density at radius 3 is 3.07 bits per heavy atom. The lowest BCUT2D eigenvalue weighted by Crippen LogP contribution is -2.12. The number of carbonyl (C=O) groups is 1. The van der Waals surface area contributed by atoms with Crippen LogP contribution >= 0.6 is 0 Å². The highest BCUT2D eigenvalue weighted by molar-refractivity contribution is 6.00. The zero-order chi connectivity index (χ0) is 10.4. The van der Waals surface area contributed by atoms with Crippen LogP contribution < -0.4 is 5.32 Å². The van der Waals surface area contributed by atoms with E-state index in [0.717, 1.165) is 5.39 Å². The molecule has 0 spiro atoms. The largest absolute Gasteiger partial charge is 0.346 e. The molecule has 3 rings (SSSR count). The standard InChI is InChI=1S/C11H7FN2O/c12-7-2-1-6-3-8-10(5-13-11(8)15)14-9(6)4-7/h1-4H,5H2,(H,13,15). The third-order valence-electron chi connectivity index (χ3n) is 2.52. The van der Waals surface area contributed by atoms with E-state index in [1.807, 2.05) is 0 Å². The van der Waals surface area contributed by atoms with Crippen LogP contribution in [0, 0.1) is 5.82 Å². The van der Waals surface area contributed by atoms with Crippen LogP contribution in [0.1, 0.15) is 16.1 Å². The van der Waals surface area contributed by atoms with E-state index in [1.165, 1.54) is 12.1 Å². The molecule has 74 valence electrons. The van der Waals surface area contributed by atoms with Gasteiger partial charge in [0.05, 0.1) is 23.3 Å². The first-order valence-corrected chi connectivity index (χ1v) is 4.61. The number of hydrogen-bond acceptors (Lipinski definition) is 2. The average molecular weight is 202 g/mol. The number of pyridine rings is 1. The number of aromatic nitrogens is 1. The van der Waals surface area contributed by atoms with Gasteiger partial charge in [-0.15, -0.1) is 0 Å². The number of rotatable bonds is 0. The van der Waals surface area contributed by atoms with Crippen LogP contribution in [0.4, 0.5) is 4.39 Å². The van der Waals surface area contributed by atoms with Crippen LogP contribution in [0.2, 0.25) is 0 Å². The van der Waals surface area contributed by atoms with Crippen molar-refractivity contribution in [1.82, 2.24) is 10.3 Å². The Morgan fingerprint density at radius 2 is 2.20 bits per heavy atom. The smallest absolute Gasteiger partial charge is 0.253 e. The fourth-order valence-electron chi connectivity index (χ4n) is 1.77. The summed E-state index contributed by atoms with van der Waals surface area (Å²) >= 11 is 0. The Kier molecular flexibility index (Phi) is 1.54. The van der Waals surface area contributed by atoms with Crippen molar-refractivity contribution in [2.75, 3.05) is 0 Å². The highest BCUT2D eigenvalue weighted by atomic mass is 19.1. The molecule has 0 bridgehead atoms. The number of hydrogen-bond donors (Lipinski definition) is 1. The Balaban J connectivity index is 2.35. The lowest BCUT2D eigenvalue weighted by Gasteiger charge is -2.00. The lowest BCUT2D eigenvalue weighted by atomic mass is 10.1. The minimum atomic E-state index is -0.313. The van der Waals surface area contributed by atoms with E-state index in [9.17, 15) is 9.18 Å². The number of fused-ring (bicyclic) bond motifs is 2. The number of nitrogens with zero attached hydrogens (tertiary/aromatic N) is 1. The topological polar surface area (TPSA) is 42.0 Å². The molecule has 4 heteroatoms. The Morgan fingerprint density at radius 1 is 1.33 bits per heavy atom. The van der Waals surface area contributed by atoms with Gasteiger partial charge >= 0.3 is 0 Å². The van der Waals surface area contributed by atoms with Crippen molar-refractivity contribution in [2.45, 2.75) is 6.54 Å². The normalized spacial score (nSPS) is 14.1. The maximum Gasteiger partial charge on any atom is 0.253 e. The second-order valence-corrected chi connectivity index (χ2v) is 3.50. The van der Waals surface area contributed by atoms with Crippen LogP contribution in [0.3, 0.4) is 0 Å². The minimum absolute atomic E-state index is 0.108. The SMILES string of the molecule is O=C1NCc2nc3cc(F)ccc3cc21. The van der Waals surface area contributed by atoms with Gasteiger partial charge in [0.25, 0.3) is 5.91 Å². The molecule has 3 nitrogen and oxygen atoms in total. The molecule has 1 aliphatic heterocycles. The van der Waals surface area contributed by atoms with E-state index in [-0.39, 0.29) is 11.7 Å². The van der Waals surface area contributed by atoms with Gasteiger partial charge in [0.2, 0.25) is 0 Å². The summed E-state index contributed by atoms with van der Waals surface area (Å²) in [5.74, 6) is -0.420. The van der Waals surface area contributed by atoms with Crippen molar-refractivity contribution in [1.29, 1.82) is 0 Å². The van der Waals surface area contributed by atoms with E-state index in [1.54, 1.807) is 12.1 Å². The first kappa shape index (κ1) is 8.35. The van der Waals surface area contributed by atoms with Gasteiger partial charge < -0.3 is 5.32 Å². The average Bonchev–Trinajstić information content (AvgIpc) is 2.57. The summed E-state index contributed by atoms with van der Waals surface area (Å²) in [5.41, 5.74) is 1.87. The number of amides is 1. The molecule has 15 heavy (non-hydrogen) atoms. The molecule has 2 aromatic rings. The predicted octanol–water partition coefficient (Wildman–Crippen LogP) is 1.62. The third kappa shape index (κ3) is 1.18. The monoisotopic (exact) mass is 202 g/mol. The van der Waals surface area contributed by atoms with Crippen molar-refractivity contribution >= 4 is 16.8 Å². The van der Waals surface area contributed by atoms with Crippen molar-refractivity contribution in [3.63, 3.8) is 0 Å².